The topological polar surface area (TPSA) is 36.9 Å². The van der Waals surface area contributed by atoms with Crippen LogP contribution in [-0.4, -0.2) is 21.0 Å². The Morgan fingerprint density at radius 3 is 1.87 bits per heavy atom. The monoisotopic (exact) mass is 210 g/mol. The SMILES string of the molecule is COCc1cc2c(cc1COC)OCO2. The van der Waals surface area contributed by atoms with Crippen LogP contribution in [0.4, 0.5) is 0 Å². The van der Waals surface area contributed by atoms with Crippen molar-refractivity contribution < 1.29 is 18.9 Å². The van der Waals surface area contributed by atoms with Crippen LogP contribution in [0.2, 0.25) is 0 Å². The largest absolute Gasteiger partial charge is 0.454 e. The highest BCUT2D eigenvalue weighted by atomic mass is 16.7. The molecule has 0 atom stereocenters. The fourth-order valence-corrected chi connectivity index (χ4v) is 1.61. The summed E-state index contributed by atoms with van der Waals surface area (Å²) in [6, 6.07) is 3.89. The second-order valence-corrected chi connectivity index (χ2v) is 3.34. The third-order valence-electron chi connectivity index (χ3n) is 2.29. The van der Waals surface area contributed by atoms with E-state index >= 15 is 0 Å². The quantitative estimate of drug-likeness (QED) is 0.758. The van der Waals surface area contributed by atoms with Gasteiger partial charge >= 0.3 is 0 Å². The molecule has 0 radical (unpaired) electrons. The first-order chi connectivity index (χ1) is 7.35. The Morgan fingerprint density at radius 1 is 1.00 bits per heavy atom. The normalized spacial score (nSPS) is 13.2. The molecule has 0 amide bonds. The highest BCUT2D eigenvalue weighted by Crippen LogP contribution is 2.35. The van der Waals surface area contributed by atoms with Crippen molar-refractivity contribution in [2.45, 2.75) is 13.2 Å². The van der Waals surface area contributed by atoms with Crippen LogP contribution >= 0.6 is 0 Å². The second-order valence-electron chi connectivity index (χ2n) is 3.34. The number of rotatable bonds is 4. The molecule has 4 heteroatoms. The van der Waals surface area contributed by atoms with E-state index in [4.69, 9.17) is 18.9 Å². The molecule has 0 saturated heterocycles. The molecule has 4 nitrogen and oxygen atoms in total. The van der Waals surface area contributed by atoms with Crippen molar-refractivity contribution in [2.75, 3.05) is 21.0 Å². The van der Waals surface area contributed by atoms with Crippen LogP contribution in [0.25, 0.3) is 0 Å². The summed E-state index contributed by atoms with van der Waals surface area (Å²) in [5.41, 5.74) is 2.15. The molecule has 2 rings (SSSR count). The molecule has 1 aliphatic rings. The van der Waals surface area contributed by atoms with E-state index in [2.05, 4.69) is 0 Å². The van der Waals surface area contributed by atoms with Gasteiger partial charge in [0.15, 0.2) is 11.5 Å². The Labute approximate surface area is 88.7 Å². The van der Waals surface area contributed by atoms with Crippen LogP contribution in [0.15, 0.2) is 12.1 Å². The molecule has 0 bridgehead atoms. The van der Waals surface area contributed by atoms with Gasteiger partial charge in [-0.2, -0.15) is 0 Å². The number of hydrogen-bond acceptors (Lipinski definition) is 4. The molecule has 1 heterocycles. The van der Waals surface area contributed by atoms with E-state index in [1.54, 1.807) is 14.2 Å². The molecule has 82 valence electrons. The molecular weight excluding hydrogens is 196 g/mol. The number of fused-ring (bicyclic) bond motifs is 1. The summed E-state index contributed by atoms with van der Waals surface area (Å²) in [5.74, 6) is 1.56. The Kier molecular flexibility index (Phi) is 3.08. The van der Waals surface area contributed by atoms with Crippen molar-refractivity contribution in [3.8, 4) is 11.5 Å². The molecule has 0 N–H and O–H groups in total. The van der Waals surface area contributed by atoms with Gasteiger partial charge in [-0.1, -0.05) is 0 Å². The van der Waals surface area contributed by atoms with Crippen LogP contribution in [0, 0.1) is 0 Å². The third-order valence-corrected chi connectivity index (χ3v) is 2.29. The average Bonchev–Trinajstić information content (AvgIpc) is 2.66. The lowest BCUT2D eigenvalue weighted by Gasteiger charge is -2.09. The van der Waals surface area contributed by atoms with Crippen molar-refractivity contribution in [1.82, 2.24) is 0 Å². The van der Waals surface area contributed by atoms with Crippen molar-refractivity contribution in [3.63, 3.8) is 0 Å². The number of ether oxygens (including phenoxy) is 4. The molecule has 0 fully saturated rings. The number of hydrogen-bond donors (Lipinski definition) is 0. The smallest absolute Gasteiger partial charge is 0.231 e. The molecule has 0 saturated carbocycles. The minimum atomic E-state index is 0.290. The highest BCUT2D eigenvalue weighted by molar-refractivity contribution is 5.48. The molecule has 1 aromatic carbocycles. The summed E-state index contributed by atoms with van der Waals surface area (Å²) in [5, 5.41) is 0. The van der Waals surface area contributed by atoms with Gasteiger partial charge in [0.1, 0.15) is 0 Å². The van der Waals surface area contributed by atoms with Gasteiger partial charge in [-0.15, -0.1) is 0 Å². The second kappa shape index (κ2) is 4.51. The van der Waals surface area contributed by atoms with E-state index in [1.807, 2.05) is 12.1 Å². The van der Waals surface area contributed by atoms with Gasteiger partial charge in [0, 0.05) is 14.2 Å². The molecule has 0 aliphatic carbocycles. The van der Waals surface area contributed by atoms with Gasteiger partial charge in [-0.3, -0.25) is 0 Å². The van der Waals surface area contributed by atoms with E-state index in [-0.39, 0.29) is 6.79 Å². The number of methoxy groups -OCH3 is 2. The Morgan fingerprint density at radius 2 is 1.47 bits per heavy atom. The first-order valence-corrected chi connectivity index (χ1v) is 4.74. The van der Waals surface area contributed by atoms with E-state index in [9.17, 15) is 0 Å². The zero-order valence-electron chi connectivity index (χ0n) is 8.91. The van der Waals surface area contributed by atoms with Gasteiger partial charge < -0.3 is 18.9 Å². The van der Waals surface area contributed by atoms with Crippen LogP contribution in [0.5, 0.6) is 11.5 Å². The summed E-state index contributed by atoms with van der Waals surface area (Å²) in [6.07, 6.45) is 0. The van der Waals surface area contributed by atoms with E-state index in [0.29, 0.717) is 13.2 Å². The highest BCUT2D eigenvalue weighted by Gasteiger charge is 2.16. The van der Waals surface area contributed by atoms with Gasteiger partial charge in [0.05, 0.1) is 13.2 Å². The van der Waals surface area contributed by atoms with E-state index in [1.165, 1.54) is 0 Å². The zero-order valence-corrected chi connectivity index (χ0v) is 8.91. The number of benzene rings is 1. The minimum absolute atomic E-state index is 0.290. The Bertz CT molecular complexity index is 316. The lowest BCUT2D eigenvalue weighted by molar-refractivity contribution is 0.168. The molecule has 1 aromatic rings. The first kappa shape index (κ1) is 10.3. The Hall–Kier alpha value is -1.26. The molecular formula is C11H14O4. The van der Waals surface area contributed by atoms with Gasteiger partial charge in [-0.25, -0.2) is 0 Å². The van der Waals surface area contributed by atoms with Crippen molar-refractivity contribution in [3.05, 3.63) is 23.3 Å². The maximum absolute atomic E-state index is 5.30. The summed E-state index contributed by atoms with van der Waals surface area (Å²) >= 11 is 0. The molecule has 0 aromatic heterocycles. The summed E-state index contributed by atoms with van der Waals surface area (Å²) < 4.78 is 20.8. The Balaban J connectivity index is 2.33. The van der Waals surface area contributed by atoms with E-state index < -0.39 is 0 Å². The fourth-order valence-electron chi connectivity index (χ4n) is 1.61. The summed E-state index contributed by atoms with van der Waals surface area (Å²) in [7, 11) is 3.34. The van der Waals surface area contributed by atoms with Crippen molar-refractivity contribution in [1.29, 1.82) is 0 Å². The summed E-state index contributed by atoms with van der Waals surface area (Å²) in [6.45, 7) is 1.39. The maximum atomic E-state index is 5.30. The van der Waals surface area contributed by atoms with Crippen LogP contribution in [0.3, 0.4) is 0 Å². The predicted octanol–water partition coefficient (Wildman–Crippen LogP) is 1.71. The first-order valence-electron chi connectivity index (χ1n) is 4.74. The lowest BCUT2D eigenvalue weighted by Crippen LogP contribution is -1.97. The standard InChI is InChI=1S/C11H14O4/c1-12-5-8-3-10-11(15-7-14-10)4-9(8)6-13-2/h3-4H,5-7H2,1-2H3. The van der Waals surface area contributed by atoms with Crippen LogP contribution in [-0.2, 0) is 22.7 Å². The average molecular weight is 210 g/mol. The van der Waals surface area contributed by atoms with E-state index in [0.717, 1.165) is 22.6 Å². The maximum Gasteiger partial charge on any atom is 0.231 e. The van der Waals surface area contributed by atoms with Gasteiger partial charge in [0.2, 0.25) is 6.79 Å². The van der Waals surface area contributed by atoms with Crippen molar-refractivity contribution >= 4 is 0 Å². The predicted molar refractivity (Wildman–Crippen MR) is 54.0 cm³/mol. The van der Waals surface area contributed by atoms with Crippen LogP contribution < -0.4 is 9.47 Å². The lowest BCUT2D eigenvalue weighted by atomic mass is 10.1. The third kappa shape index (κ3) is 2.06. The summed E-state index contributed by atoms with van der Waals surface area (Å²) in [4.78, 5) is 0. The van der Waals surface area contributed by atoms with Crippen molar-refractivity contribution in [2.24, 2.45) is 0 Å². The van der Waals surface area contributed by atoms with Gasteiger partial charge in [0.25, 0.3) is 0 Å². The molecule has 0 unspecified atom stereocenters. The molecule has 1 aliphatic heterocycles. The fraction of sp³-hybridized carbons (Fsp3) is 0.455. The zero-order chi connectivity index (χ0) is 10.7. The molecule has 0 spiro atoms. The van der Waals surface area contributed by atoms with Crippen LogP contribution in [0.1, 0.15) is 11.1 Å². The minimum Gasteiger partial charge on any atom is -0.454 e. The van der Waals surface area contributed by atoms with Gasteiger partial charge in [-0.05, 0) is 23.3 Å². The molecule has 15 heavy (non-hydrogen) atoms.